The summed E-state index contributed by atoms with van der Waals surface area (Å²) < 4.78 is 29.3. The van der Waals surface area contributed by atoms with E-state index in [0.29, 0.717) is 26.6 Å². The first-order valence-corrected chi connectivity index (χ1v) is 11.2. The smallest absolute Gasteiger partial charge is 0.274 e. The molecule has 0 aliphatic heterocycles. The summed E-state index contributed by atoms with van der Waals surface area (Å²) in [6.07, 6.45) is 3.19. The van der Waals surface area contributed by atoms with Crippen molar-refractivity contribution < 1.29 is 13.6 Å². The molecule has 0 unspecified atom stereocenters. The average Bonchev–Trinajstić information content (AvgIpc) is 3.21. The van der Waals surface area contributed by atoms with E-state index in [-0.39, 0.29) is 23.6 Å². The van der Waals surface area contributed by atoms with E-state index >= 15 is 0 Å². The molecule has 0 radical (unpaired) electrons. The van der Waals surface area contributed by atoms with Crippen LogP contribution in [0.15, 0.2) is 60.0 Å². The maximum absolute atomic E-state index is 13.9. The Morgan fingerprint density at radius 1 is 1.03 bits per heavy atom. The summed E-state index contributed by atoms with van der Waals surface area (Å²) in [5.41, 5.74) is 0.612. The molecule has 168 valence electrons. The minimum Gasteiger partial charge on any atom is -0.346 e. The van der Waals surface area contributed by atoms with Crippen molar-refractivity contribution in [3.63, 3.8) is 0 Å². The second kappa shape index (κ2) is 10.2. The zero-order valence-electron chi connectivity index (χ0n) is 16.7. The van der Waals surface area contributed by atoms with Crippen LogP contribution in [-0.4, -0.2) is 30.9 Å². The van der Waals surface area contributed by atoms with Gasteiger partial charge in [0, 0.05) is 40.3 Å². The fraction of sp³-hybridized carbons (Fsp3) is 0.0952. The number of hydrogen-bond donors (Lipinski definition) is 1. The van der Waals surface area contributed by atoms with Gasteiger partial charge in [0.25, 0.3) is 5.91 Å². The molecule has 4 rings (SSSR count). The number of halogens is 4. The van der Waals surface area contributed by atoms with Crippen LogP contribution in [0.3, 0.4) is 0 Å². The summed E-state index contributed by atoms with van der Waals surface area (Å²) in [7, 11) is 0. The molecule has 12 heteroatoms. The largest absolute Gasteiger partial charge is 0.346 e. The Balaban J connectivity index is 1.65. The predicted octanol–water partition coefficient (Wildman–Crippen LogP) is 4.86. The lowest BCUT2D eigenvalue weighted by molar-refractivity contribution is 0.0944. The standard InChI is InChI=1S/C21H14Cl2F2N6OS/c22-12-7-13(23)9-14(8-12)31-18(11-33-21-26-5-2-6-27-21)19(29-30-31)20(32)28-10-15-16(24)3-1-4-17(15)25/h1-9H,10-11H2,(H,28,32). The minimum atomic E-state index is -0.760. The Hall–Kier alpha value is -3.08. The van der Waals surface area contributed by atoms with E-state index in [2.05, 4.69) is 25.6 Å². The molecular formula is C21H14Cl2F2N6OS. The Morgan fingerprint density at radius 2 is 1.70 bits per heavy atom. The van der Waals surface area contributed by atoms with Crippen molar-refractivity contribution in [1.82, 2.24) is 30.3 Å². The normalized spacial score (nSPS) is 10.9. The van der Waals surface area contributed by atoms with Crippen molar-refractivity contribution in [2.24, 2.45) is 0 Å². The molecule has 0 aliphatic carbocycles. The third-order valence-corrected chi connectivity index (χ3v) is 5.76. The quantitative estimate of drug-likeness (QED) is 0.284. The summed E-state index contributed by atoms with van der Waals surface area (Å²) >= 11 is 13.5. The molecule has 1 amide bonds. The van der Waals surface area contributed by atoms with Crippen LogP contribution in [0.2, 0.25) is 10.0 Å². The van der Waals surface area contributed by atoms with Gasteiger partial charge in [-0.25, -0.2) is 23.4 Å². The summed E-state index contributed by atoms with van der Waals surface area (Å²) in [4.78, 5) is 21.2. The number of nitrogens with zero attached hydrogens (tertiary/aromatic N) is 5. The first kappa shape index (κ1) is 23.1. The highest BCUT2D eigenvalue weighted by molar-refractivity contribution is 7.98. The summed E-state index contributed by atoms with van der Waals surface area (Å²) in [5, 5.41) is 11.8. The molecule has 2 aromatic heterocycles. The van der Waals surface area contributed by atoms with Crippen molar-refractivity contribution in [3.8, 4) is 5.69 Å². The van der Waals surface area contributed by atoms with E-state index in [1.165, 1.54) is 22.5 Å². The Bertz CT molecular complexity index is 1260. The molecule has 7 nitrogen and oxygen atoms in total. The lowest BCUT2D eigenvalue weighted by Crippen LogP contribution is -2.25. The van der Waals surface area contributed by atoms with E-state index in [9.17, 15) is 13.6 Å². The van der Waals surface area contributed by atoms with Crippen LogP contribution in [0.25, 0.3) is 5.69 Å². The minimum absolute atomic E-state index is 0.0220. The first-order valence-electron chi connectivity index (χ1n) is 9.44. The van der Waals surface area contributed by atoms with E-state index in [1.807, 2.05) is 0 Å². The highest BCUT2D eigenvalue weighted by Gasteiger charge is 2.22. The lowest BCUT2D eigenvalue weighted by atomic mass is 10.2. The van der Waals surface area contributed by atoms with Gasteiger partial charge in [-0.3, -0.25) is 4.79 Å². The number of nitrogens with one attached hydrogen (secondary N) is 1. The van der Waals surface area contributed by atoms with Crippen molar-refractivity contribution in [2.45, 2.75) is 17.5 Å². The Kier molecular flexibility index (Phi) is 7.17. The zero-order valence-corrected chi connectivity index (χ0v) is 19.0. The molecule has 0 bridgehead atoms. The second-order valence-corrected chi connectivity index (χ2v) is 8.44. The second-order valence-electron chi connectivity index (χ2n) is 6.63. The molecule has 0 atom stereocenters. The van der Waals surface area contributed by atoms with Gasteiger partial charge in [0.15, 0.2) is 10.9 Å². The molecular weight excluding hydrogens is 493 g/mol. The monoisotopic (exact) mass is 506 g/mol. The highest BCUT2D eigenvalue weighted by atomic mass is 35.5. The number of rotatable bonds is 7. The Labute approximate surface area is 201 Å². The average molecular weight is 507 g/mol. The summed E-state index contributed by atoms with van der Waals surface area (Å²) in [6.45, 7) is -0.360. The van der Waals surface area contributed by atoms with Gasteiger partial charge in [0.05, 0.1) is 11.4 Å². The molecule has 2 heterocycles. The Morgan fingerprint density at radius 3 is 2.36 bits per heavy atom. The molecule has 4 aromatic rings. The number of thioether (sulfide) groups is 1. The molecule has 33 heavy (non-hydrogen) atoms. The van der Waals surface area contributed by atoms with E-state index in [0.717, 1.165) is 12.1 Å². The van der Waals surface area contributed by atoms with Crippen LogP contribution in [-0.2, 0) is 12.3 Å². The number of aromatic nitrogens is 5. The van der Waals surface area contributed by atoms with Gasteiger partial charge >= 0.3 is 0 Å². The zero-order chi connectivity index (χ0) is 23.4. The number of carbonyl (C=O) groups excluding carboxylic acids is 1. The molecule has 1 N–H and O–H groups in total. The first-order chi connectivity index (χ1) is 15.9. The van der Waals surface area contributed by atoms with Gasteiger partial charge in [0.1, 0.15) is 11.6 Å². The van der Waals surface area contributed by atoms with Crippen LogP contribution in [0.5, 0.6) is 0 Å². The SMILES string of the molecule is O=C(NCc1c(F)cccc1F)c1nnn(-c2cc(Cl)cc(Cl)c2)c1CSc1ncccn1. The van der Waals surface area contributed by atoms with Gasteiger partial charge in [-0.2, -0.15) is 0 Å². The number of carbonyl (C=O) groups is 1. The molecule has 0 spiro atoms. The van der Waals surface area contributed by atoms with Gasteiger partial charge in [-0.15, -0.1) is 5.10 Å². The van der Waals surface area contributed by atoms with Crippen molar-refractivity contribution in [1.29, 1.82) is 0 Å². The third kappa shape index (κ3) is 5.47. The van der Waals surface area contributed by atoms with Crippen molar-refractivity contribution >= 4 is 40.9 Å². The molecule has 0 saturated carbocycles. The summed E-state index contributed by atoms with van der Waals surface area (Å²) in [6, 6.07) is 9.96. The van der Waals surface area contributed by atoms with Crippen LogP contribution in [0.1, 0.15) is 21.7 Å². The van der Waals surface area contributed by atoms with Crippen LogP contribution in [0, 0.1) is 11.6 Å². The van der Waals surface area contributed by atoms with Gasteiger partial charge in [-0.1, -0.05) is 46.2 Å². The summed E-state index contributed by atoms with van der Waals surface area (Å²) in [5.74, 6) is -1.95. The van der Waals surface area contributed by atoms with Crippen LogP contribution in [0.4, 0.5) is 8.78 Å². The maximum Gasteiger partial charge on any atom is 0.274 e. The predicted molar refractivity (Wildman–Crippen MR) is 121 cm³/mol. The molecule has 2 aromatic carbocycles. The fourth-order valence-corrected chi connectivity index (χ4v) is 4.23. The highest BCUT2D eigenvalue weighted by Crippen LogP contribution is 2.26. The lowest BCUT2D eigenvalue weighted by Gasteiger charge is -2.10. The van der Waals surface area contributed by atoms with E-state index < -0.39 is 17.5 Å². The van der Waals surface area contributed by atoms with Gasteiger partial charge < -0.3 is 5.32 Å². The topological polar surface area (TPSA) is 85.6 Å². The van der Waals surface area contributed by atoms with Gasteiger partial charge in [-0.05, 0) is 36.4 Å². The fourth-order valence-electron chi connectivity index (χ4n) is 2.92. The van der Waals surface area contributed by atoms with E-state index in [1.54, 1.807) is 36.7 Å². The van der Waals surface area contributed by atoms with Crippen LogP contribution >= 0.6 is 35.0 Å². The van der Waals surface area contributed by atoms with Gasteiger partial charge in [0.2, 0.25) is 0 Å². The number of benzene rings is 2. The number of amides is 1. The maximum atomic E-state index is 13.9. The number of hydrogen-bond acceptors (Lipinski definition) is 6. The molecule has 0 aliphatic rings. The molecule has 0 fully saturated rings. The van der Waals surface area contributed by atoms with Crippen LogP contribution < -0.4 is 5.32 Å². The van der Waals surface area contributed by atoms with Crippen molar-refractivity contribution in [2.75, 3.05) is 0 Å². The third-order valence-electron chi connectivity index (χ3n) is 4.44. The molecule has 0 saturated heterocycles. The van der Waals surface area contributed by atoms with Crippen molar-refractivity contribution in [3.05, 3.63) is 93.5 Å². The van der Waals surface area contributed by atoms with E-state index in [4.69, 9.17) is 23.2 Å².